The molecule has 0 spiro atoms. The quantitative estimate of drug-likeness (QED) is 0.804. The topological polar surface area (TPSA) is 62.1 Å². The minimum absolute atomic E-state index is 0.0416. The molecule has 0 saturated heterocycles. The normalized spacial score (nSPS) is 9.33. The maximum atomic E-state index is 11.1. The van der Waals surface area contributed by atoms with Crippen LogP contribution in [0.2, 0.25) is 0 Å². The molecular weight excluding hydrogens is 192 g/mol. The maximum absolute atomic E-state index is 11.1. The summed E-state index contributed by atoms with van der Waals surface area (Å²) in [5, 5.41) is 11.1. The standard InChI is InChI=1S/C11H12N2O2/c1-15-8-11(14)13-10-4-2-9(3-5-10)6-7-12/h2-5H,6,8H2,1H3,(H,13,14). The Morgan fingerprint density at radius 2 is 2.13 bits per heavy atom. The minimum atomic E-state index is -0.189. The first-order chi connectivity index (χ1) is 7.26. The van der Waals surface area contributed by atoms with Crippen LogP contribution in [0.1, 0.15) is 5.56 Å². The van der Waals surface area contributed by atoms with Gasteiger partial charge in [0, 0.05) is 12.8 Å². The Labute approximate surface area is 88.5 Å². The lowest BCUT2D eigenvalue weighted by Gasteiger charge is -2.04. The third-order valence-electron chi connectivity index (χ3n) is 1.80. The summed E-state index contributed by atoms with van der Waals surface area (Å²) < 4.78 is 4.68. The van der Waals surface area contributed by atoms with Crippen LogP contribution in [-0.4, -0.2) is 19.6 Å². The molecule has 0 fully saturated rings. The number of hydrogen-bond acceptors (Lipinski definition) is 3. The zero-order chi connectivity index (χ0) is 11.1. The predicted octanol–water partition coefficient (Wildman–Crippen LogP) is 1.34. The molecular formula is C11H12N2O2. The van der Waals surface area contributed by atoms with Crippen LogP contribution in [0.3, 0.4) is 0 Å². The number of nitriles is 1. The zero-order valence-electron chi connectivity index (χ0n) is 8.49. The van der Waals surface area contributed by atoms with Gasteiger partial charge in [-0.05, 0) is 17.7 Å². The number of rotatable bonds is 4. The molecule has 0 atom stereocenters. The summed E-state index contributed by atoms with van der Waals surface area (Å²) in [4.78, 5) is 11.1. The molecule has 1 rings (SSSR count). The Hall–Kier alpha value is -1.86. The van der Waals surface area contributed by atoms with Crippen LogP contribution in [0, 0.1) is 11.3 Å². The van der Waals surface area contributed by atoms with Gasteiger partial charge in [0.2, 0.25) is 5.91 Å². The van der Waals surface area contributed by atoms with E-state index in [-0.39, 0.29) is 12.5 Å². The van der Waals surface area contributed by atoms with E-state index >= 15 is 0 Å². The second kappa shape index (κ2) is 5.78. The van der Waals surface area contributed by atoms with Gasteiger partial charge in [0.15, 0.2) is 0 Å². The van der Waals surface area contributed by atoms with Gasteiger partial charge in [0.25, 0.3) is 0 Å². The average Bonchev–Trinajstić information content (AvgIpc) is 2.22. The van der Waals surface area contributed by atoms with E-state index in [2.05, 4.69) is 16.1 Å². The van der Waals surface area contributed by atoms with Crippen LogP contribution >= 0.6 is 0 Å². The smallest absolute Gasteiger partial charge is 0.250 e. The molecule has 0 aliphatic carbocycles. The molecule has 0 unspecified atom stereocenters. The first-order valence-corrected chi connectivity index (χ1v) is 4.51. The molecule has 0 aromatic heterocycles. The van der Waals surface area contributed by atoms with Gasteiger partial charge < -0.3 is 10.1 Å². The molecule has 0 aliphatic heterocycles. The van der Waals surface area contributed by atoms with E-state index < -0.39 is 0 Å². The number of ether oxygens (including phenoxy) is 1. The number of nitrogens with one attached hydrogen (secondary N) is 1. The third-order valence-corrected chi connectivity index (χ3v) is 1.80. The summed E-state index contributed by atoms with van der Waals surface area (Å²) in [6, 6.07) is 9.21. The largest absolute Gasteiger partial charge is 0.375 e. The fourth-order valence-corrected chi connectivity index (χ4v) is 1.13. The zero-order valence-corrected chi connectivity index (χ0v) is 8.49. The van der Waals surface area contributed by atoms with E-state index in [1.165, 1.54) is 7.11 Å². The highest BCUT2D eigenvalue weighted by molar-refractivity contribution is 5.91. The van der Waals surface area contributed by atoms with E-state index in [0.29, 0.717) is 12.1 Å². The van der Waals surface area contributed by atoms with Gasteiger partial charge in [-0.1, -0.05) is 12.1 Å². The number of carbonyl (C=O) groups is 1. The summed E-state index contributed by atoms with van der Waals surface area (Å²) >= 11 is 0. The van der Waals surface area contributed by atoms with Crippen LogP contribution in [0.15, 0.2) is 24.3 Å². The molecule has 0 heterocycles. The van der Waals surface area contributed by atoms with E-state index in [1.807, 2.05) is 12.1 Å². The fraction of sp³-hybridized carbons (Fsp3) is 0.273. The second-order valence-electron chi connectivity index (χ2n) is 3.01. The van der Waals surface area contributed by atoms with Crippen molar-refractivity contribution >= 4 is 11.6 Å². The van der Waals surface area contributed by atoms with Gasteiger partial charge >= 0.3 is 0 Å². The van der Waals surface area contributed by atoms with Crippen molar-refractivity contribution in [3.05, 3.63) is 29.8 Å². The molecule has 78 valence electrons. The summed E-state index contributed by atoms with van der Waals surface area (Å²) in [5.74, 6) is -0.189. The van der Waals surface area contributed by atoms with Crippen molar-refractivity contribution in [2.75, 3.05) is 19.0 Å². The van der Waals surface area contributed by atoms with Gasteiger partial charge in [-0.3, -0.25) is 4.79 Å². The summed E-state index contributed by atoms with van der Waals surface area (Å²) in [6.45, 7) is 0.0416. The van der Waals surface area contributed by atoms with Crippen molar-refractivity contribution in [3.8, 4) is 6.07 Å². The lowest BCUT2D eigenvalue weighted by atomic mass is 10.1. The van der Waals surface area contributed by atoms with Gasteiger partial charge in [0.1, 0.15) is 6.61 Å². The average molecular weight is 204 g/mol. The lowest BCUT2D eigenvalue weighted by Crippen LogP contribution is -2.16. The number of hydrogen-bond donors (Lipinski definition) is 1. The van der Waals surface area contributed by atoms with Crippen LogP contribution in [0.5, 0.6) is 0 Å². The van der Waals surface area contributed by atoms with Crippen LogP contribution in [0.25, 0.3) is 0 Å². The molecule has 4 nitrogen and oxygen atoms in total. The molecule has 15 heavy (non-hydrogen) atoms. The molecule has 1 aromatic carbocycles. The first kappa shape index (κ1) is 11.2. The summed E-state index contributed by atoms with van der Waals surface area (Å²) in [7, 11) is 1.47. The highest BCUT2D eigenvalue weighted by atomic mass is 16.5. The number of nitrogens with zero attached hydrogens (tertiary/aromatic N) is 1. The van der Waals surface area contributed by atoms with E-state index in [1.54, 1.807) is 12.1 Å². The Balaban J connectivity index is 2.57. The third kappa shape index (κ3) is 3.79. The second-order valence-corrected chi connectivity index (χ2v) is 3.01. The van der Waals surface area contributed by atoms with Crippen molar-refractivity contribution in [3.63, 3.8) is 0 Å². The van der Waals surface area contributed by atoms with E-state index in [4.69, 9.17) is 5.26 Å². The highest BCUT2D eigenvalue weighted by Crippen LogP contribution is 2.09. The number of carbonyl (C=O) groups excluding carboxylic acids is 1. The Bertz CT molecular complexity index is 365. The molecule has 1 amide bonds. The number of methoxy groups -OCH3 is 1. The maximum Gasteiger partial charge on any atom is 0.250 e. The van der Waals surface area contributed by atoms with Gasteiger partial charge in [-0.15, -0.1) is 0 Å². The van der Waals surface area contributed by atoms with Crippen molar-refractivity contribution in [1.82, 2.24) is 0 Å². The summed E-state index contributed by atoms with van der Waals surface area (Å²) in [6.07, 6.45) is 0.381. The SMILES string of the molecule is COCC(=O)Nc1ccc(CC#N)cc1. The van der Waals surface area contributed by atoms with Crippen molar-refractivity contribution in [2.24, 2.45) is 0 Å². The van der Waals surface area contributed by atoms with Crippen molar-refractivity contribution in [2.45, 2.75) is 6.42 Å². The van der Waals surface area contributed by atoms with E-state index in [0.717, 1.165) is 5.56 Å². The monoisotopic (exact) mass is 204 g/mol. The molecule has 0 bridgehead atoms. The summed E-state index contributed by atoms with van der Waals surface area (Å²) in [5.41, 5.74) is 1.64. The number of amides is 1. The van der Waals surface area contributed by atoms with Gasteiger partial charge in [0.05, 0.1) is 12.5 Å². The molecule has 4 heteroatoms. The first-order valence-electron chi connectivity index (χ1n) is 4.51. The lowest BCUT2D eigenvalue weighted by molar-refractivity contribution is -0.119. The Morgan fingerprint density at radius 3 is 2.67 bits per heavy atom. The number of benzene rings is 1. The van der Waals surface area contributed by atoms with Gasteiger partial charge in [-0.2, -0.15) is 5.26 Å². The van der Waals surface area contributed by atoms with Gasteiger partial charge in [-0.25, -0.2) is 0 Å². The molecule has 1 aromatic rings. The number of anilines is 1. The molecule has 0 radical (unpaired) electrons. The highest BCUT2D eigenvalue weighted by Gasteiger charge is 2.00. The van der Waals surface area contributed by atoms with Crippen molar-refractivity contribution < 1.29 is 9.53 Å². The minimum Gasteiger partial charge on any atom is -0.375 e. The Kier molecular flexibility index (Phi) is 4.32. The molecule has 1 N–H and O–H groups in total. The Morgan fingerprint density at radius 1 is 1.47 bits per heavy atom. The van der Waals surface area contributed by atoms with E-state index in [9.17, 15) is 4.79 Å². The fourth-order valence-electron chi connectivity index (χ4n) is 1.13. The molecule has 0 aliphatic rings. The van der Waals surface area contributed by atoms with Crippen LogP contribution in [-0.2, 0) is 16.0 Å². The van der Waals surface area contributed by atoms with Crippen LogP contribution in [0.4, 0.5) is 5.69 Å². The molecule has 0 saturated carbocycles. The van der Waals surface area contributed by atoms with Crippen LogP contribution < -0.4 is 5.32 Å². The van der Waals surface area contributed by atoms with Crippen molar-refractivity contribution in [1.29, 1.82) is 5.26 Å². The predicted molar refractivity (Wildman–Crippen MR) is 56.3 cm³/mol.